The average Bonchev–Trinajstić information content (AvgIpc) is 2.46. The predicted molar refractivity (Wildman–Crippen MR) is 87.1 cm³/mol. The third-order valence-corrected chi connectivity index (χ3v) is 5.88. The zero-order valence-corrected chi connectivity index (χ0v) is 13.6. The lowest BCUT2D eigenvalue weighted by Gasteiger charge is -2.46. The molecule has 0 atom stereocenters. The molecule has 0 aliphatic carbocycles. The molecule has 3 rings (SSSR count). The van der Waals surface area contributed by atoms with Crippen LogP contribution in [0.15, 0.2) is 18.2 Å². The highest BCUT2D eigenvalue weighted by Gasteiger charge is 2.36. The maximum atomic E-state index is 6.13. The van der Waals surface area contributed by atoms with E-state index in [1.807, 2.05) is 12.1 Å². The molecule has 4 heteroatoms. The number of halogens is 2. The van der Waals surface area contributed by atoms with E-state index in [0.29, 0.717) is 15.5 Å². The molecule has 2 nitrogen and oxygen atoms in total. The number of anilines is 1. The number of hydrogen-bond acceptors (Lipinski definition) is 2. The van der Waals surface area contributed by atoms with Crippen LogP contribution in [0.5, 0.6) is 0 Å². The van der Waals surface area contributed by atoms with Crippen molar-refractivity contribution in [3.05, 3.63) is 28.2 Å². The summed E-state index contributed by atoms with van der Waals surface area (Å²) in [5.41, 5.74) is 1.81. The summed E-state index contributed by atoms with van der Waals surface area (Å²) in [6, 6.07) is 5.98. The van der Waals surface area contributed by atoms with Gasteiger partial charge in [0.2, 0.25) is 0 Å². The van der Waals surface area contributed by atoms with Gasteiger partial charge in [-0.05, 0) is 69.4 Å². The van der Waals surface area contributed by atoms with E-state index in [-0.39, 0.29) is 0 Å². The minimum absolute atomic E-state index is 0.596. The van der Waals surface area contributed by atoms with Gasteiger partial charge in [-0.3, -0.25) is 0 Å². The first-order valence-electron chi connectivity index (χ1n) is 7.47. The summed E-state index contributed by atoms with van der Waals surface area (Å²) < 4.78 is 0. The van der Waals surface area contributed by atoms with Crippen molar-refractivity contribution in [1.29, 1.82) is 0 Å². The fraction of sp³-hybridized carbons (Fsp3) is 0.625. The highest BCUT2D eigenvalue weighted by molar-refractivity contribution is 6.42. The van der Waals surface area contributed by atoms with Crippen molar-refractivity contribution in [2.24, 2.45) is 5.41 Å². The maximum absolute atomic E-state index is 6.13. The van der Waals surface area contributed by atoms with Gasteiger partial charge in [-0.15, -0.1) is 0 Å². The third-order valence-electron chi connectivity index (χ3n) is 5.14. The highest BCUT2D eigenvalue weighted by atomic mass is 35.5. The second-order valence-corrected chi connectivity index (χ2v) is 7.20. The van der Waals surface area contributed by atoms with Gasteiger partial charge in [-0.25, -0.2) is 0 Å². The van der Waals surface area contributed by atoms with Crippen LogP contribution in [0.4, 0.5) is 5.69 Å². The topological polar surface area (TPSA) is 6.48 Å². The first-order valence-corrected chi connectivity index (χ1v) is 8.22. The van der Waals surface area contributed by atoms with E-state index in [9.17, 15) is 0 Å². The van der Waals surface area contributed by atoms with E-state index < -0.39 is 0 Å². The van der Waals surface area contributed by atoms with Crippen LogP contribution in [0.3, 0.4) is 0 Å². The number of likely N-dealkylation sites (tertiary alicyclic amines) is 1. The van der Waals surface area contributed by atoms with Gasteiger partial charge in [0.15, 0.2) is 0 Å². The molecule has 2 fully saturated rings. The summed E-state index contributed by atoms with van der Waals surface area (Å²) in [5, 5.41) is 1.29. The molecule has 20 heavy (non-hydrogen) atoms. The van der Waals surface area contributed by atoms with E-state index in [1.54, 1.807) is 0 Å². The summed E-state index contributed by atoms with van der Waals surface area (Å²) in [6.45, 7) is 4.79. The fourth-order valence-corrected chi connectivity index (χ4v) is 3.81. The molecule has 2 heterocycles. The van der Waals surface area contributed by atoms with Gasteiger partial charge in [-0.2, -0.15) is 0 Å². The molecule has 0 aromatic heterocycles. The van der Waals surface area contributed by atoms with Crippen molar-refractivity contribution in [2.45, 2.75) is 25.7 Å². The summed E-state index contributed by atoms with van der Waals surface area (Å²) in [6.07, 6.45) is 5.33. The van der Waals surface area contributed by atoms with Crippen molar-refractivity contribution in [3.8, 4) is 0 Å². The van der Waals surface area contributed by atoms with E-state index >= 15 is 0 Å². The van der Waals surface area contributed by atoms with Crippen LogP contribution in [0.1, 0.15) is 25.7 Å². The van der Waals surface area contributed by atoms with Gasteiger partial charge in [0.1, 0.15) is 0 Å². The second-order valence-electron chi connectivity index (χ2n) is 6.39. The Kier molecular flexibility index (Phi) is 4.16. The summed E-state index contributed by atoms with van der Waals surface area (Å²) >= 11 is 12.1. The first-order chi connectivity index (χ1) is 9.58. The van der Waals surface area contributed by atoms with Crippen LogP contribution >= 0.6 is 23.2 Å². The van der Waals surface area contributed by atoms with Gasteiger partial charge in [0, 0.05) is 18.8 Å². The second kappa shape index (κ2) is 5.75. The molecule has 2 aliphatic heterocycles. The fourth-order valence-electron chi connectivity index (χ4n) is 3.51. The monoisotopic (exact) mass is 312 g/mol. The van der Waals surface area contributed by atoms with Crippen LogP contribution in [0.25, 0.3) is 0 Å². The molecule has 0 N–H and O–H groups in total. The predicted octanol–water partition coefficient (Wildman–Crippen LogP) is 4.31. The average molecular weight is 313 g/mol. The molecule has 1 aromatic rings. The Bertz CT molecular complexity index is 471. The lowest BCUT2D eigenvalue weighted by Crippen LogP contribution is -2.46. The molecule has 0 bridgehead atoms. The number of hydrogen-bond donors (Lipinski definition) is 0. The van der Waals surface area contributed by atoms with Crippen LogP contribution in [-0.2, 0) is 0 Å². The van der Waals surface area contributed by atoms with Crippen LogP contribution in [0.2, 0.25) is 10.0 Å². The van der Waals surface area contributed by atoms with Crippen molar-refractivity contribution in [1.82, 2.24) is 4.90 Å². The lowest BCUT2D eigenvalue weighted by molar-refractivity contribution is 0.0945. The molecule has 2 aliphatic rings. The molecular formula is C16H22Cl2N2. The van der Waals surface area contributed by atoms with Crippen LogP contribution < -0.4 is 4.90 Å². The van der Waals surface area contributed by atoms with Gasteiger partial charge in [-0.1, -0.05) is 23.2 Å². The zero-order chi connectivity index (χ0) is 14.2. The number of benzene rings is 1. The van der Waals surface area contributed by atoms with Crippen LogP contribution in [0, 0.1) is 5.41 Å². The quantitative estimate of drug-likeness (QED) is 0.762. The Morgan fingerprint density at radius 1 is 0.900 bits per heavy atom. The number of rotatable bonds is 1. The standard InChI is InChI=1S/C16H22Cl2N2/c1-19-8-4-16(5-9-19)6-10-20(11-7-16)13-2-3-14(17)15(18)12-13/h2-3,12H,4-11H2,1H3. The van der Waals surface area contributed by atoms with Gasteiger partial charge in [0.25, 0.3) is 0 Å². The van der Waals surface area contributed by atoms with Gasteiger partial charge < -0.3 is 9.80 Å². The highest BCUT2D eigenvalue weighted by Crippen LogP contribution is 2.42. The minimum atomic E-state index is 0.596. The normalized spacial score (nSPS) is 23.2. The molecule has 1 aromatic carbocycles. The van der Waals surface area contributed by atoms with Crippen molar-refractivity contribution in [2.75, 3.05) is 38.1 Å². The van der Waals surface area contributed by atoms with E-state index in [4.69, 9.17) is 23.2 Å². The summed E-state index contributed by atoms with van der Waals surface area (Å²) in [5.74, 6) is 0. The largest absolute Gasteiger partial charge is 0.371 e. The van der Waals surface area contributed by atoms with Gasteiger partial charge in [0.05, 0.1) is 10.0 Å². The van der Waals surface area contributed by atoms with E-state index in [2.05, 4.69) is 22.9 Å². The zero-order valence-electron chi connectivity index (χ0n) is 12.0. The molecule has 2 saturated heterocycles. The Balaban J connectivity index is 1.65. The van der Waals surface area contributed by atoms with Crippen molar-refractivity contribution >= 4 is 28.9 Å². The molecular weight excluding hydrogens is 291 g/mol. The molecule has 1 spiro atoms. The summed E-state index contributed by atoms with van der Waals surface area (Å²) in [4.78, 5) is 4.91. The SMILES string of the molecule is CN1CCC2(CC1)CCN(c1ccc(Cl)c(Cl)c1)CC2. The maximum Gasteiger partial charge on any atom is 0.0612 e. The number of nitrogens with zero attached hydrogens (tertiary/aromatic N) is 2. The smallest absolute Gasteiger partial charge is 0.0612 e. The Labute approximate surface area is 131 Å². The Morgan fingerprint density at radius 2 is 1.50 bits per heavy atom. The minimum Gasteiger partial charge on any atom is -0.371 e. The van der Waals surface area contributed by atoms with Crippen LogP contribution in [-0.4, -0.2) is 38.1 Å². The number of piperidine rings is 2. The van der Waals surface area contributed by atoms with Gasteiger partial charge >= 0.3 is 0 Å². The lowest BCUT2D eigenvalue weighted by atomic mass is 9.71. The van der Waals surface area contributed by atoms with Crippen molar-refractivity contribution in [3.63, 3.8) is 0 Å². The van der Waals surface area contributed by atoms with E-state index in [1.165, 1.54) is 44.5 Å². The van der Waals surface area contributed by atoms with Crippen molar-refractivity contribution < 1.29 is 0 Å². The molecule has 0 saturated carbocycles. The molecule has 0 amide bonds. The Morgan fingerprint density at radius 3 is 2.10 bits per heavy atom. The first kappa shape index (κ1) is 14.5. The Hall–Kier alpha value is -0.440. The molecule has 0 radical (unpaired) electrons. The van der Waals surface area contributed by atoms with E-state index in [0.717, 1.165) is 13.1 Å². The third kappa shape index (κ3) is 2.93. The molecule has 110 valence electrons. The molecule has 0 unspecified atom stereocenters. The summed E-state index contributed by atoms with van der Waals surface area (Å²) in [7, 11) is 2.23.